The Morgan fingerprint density at radius 2 is 2.16 bits per heavy atom. The fourth-order valence-electron chi connectivity index (χ4n) is 2.54. The number of ether oxygens (including phenoxy) is 1. The van der Waals surface area contributed by atoms with Gasteiger partial charge in [-0.05, 0) is 25.3 Å². The van der Waals surface area contributed by atoms with E-state index in [4.69, 9.17) is 4.74 Å². The van der Waals surface area contributed by atoms with Gasteiger partial charge in [0.25, 0.3) is 0 Å². The quantitative estimate of drug-likeness (QED) is 0.746. The average Bonchev–Trinajstić information content (AvgIpc) is 2.78. The normalized spacial score (nSPS) is 14.8. The van der Waals surface area contributed by atoms with Crippen molar-refractivity contribution < 1.29 is 4.74 Å². The summed E-state index contributed by atoms with van der Waals surface area (Å²) >= 11 is 0. The first-order valence-electron chi connectivity index (χ1n) is 7.32. The zero-order valence-corrected chi connectivity index (χ0v) is 13.0. The van der Waals surface area contributed by atoms with E-state index in [0.29, 0.717) is 12.0 Å². The van der Waals surface area contributed by atoms with E-state index in [9.17, 15) is 0 Å². The monoisotopic (exact) mass is 267 g/mol. The third-order valence-electron chi connectivity index (χ3n) is 3.58. The van der Waals surface area contributed by atoms with Gasteiger partial charge < -0.3 is 14.6 Å². The van der Waals surface area contributed by atoms with E-state index in [-0.39, 0.29) is 6.10 Å². The van der Waals surface area contributed by atoms with Crippen molar-refractivity contribution >= 4 is 0 Å². The topological polar surface area (TPSA) is 39.1 Å². The van der Waals surface area contributed by atoms with E-state index < -0.39 is 0 Å². The van der Waals surface area contributed by atoms with E-state index in [2.05, 4.69) is 35.6 Å². The van der Waals surface area contributed by atoms with Gasteiger partial charge >= 0.3 is 0 Å². The lowest BCUT2D eigenvalue weighted by molar-refractivity contribution is 0.0306. The Hall–Kier alpha value is -0.870. The maximum Gasteiger partial charge on any atom is 0.108 e. The van der Waals surface area contributed by atoms with Crippen LogP contribution in [0.25, 0.3) is 0 Å². The molecule has 0 saturated carbocycles. The summed E-state index contributed by atoms with van der Waals surface area (Å²) < 4.78 is 7.77. The number of aromatic nitrogens is 2. The van der Waals surface area contributed by atoms with Crippen molar-refractivity contribution in [2.45, 2.75) is 52.2 Å². The van der Waals surface area contributed by atoms with Crippen molar-refractivity contribution in [2.75, 3.05) is 13.7 Å². The molecule has 0 fully saturated rings. The van der Waals surface area contributed by atoms with Gasteiger partial charge in [-0.2, -0.15) is 0 Å². The molecule has 0 aliphatic heterocycles. The predicted octanol–water partition coefficient (Wildman–Crippen LogP) is 2.39. The third kappa shape index (κ3) is 4.96. The Morgan fingerprint density at radius 3 is 2.63 bits per heavy atom. The largest absolute Gasteiger partial charge is 0.380 e. The molecule has 1 rings (SSSR count). The number of hydrogen-bond donors (Lipinski definition) is 1. The van der Waals surface area contributed by atoms with Gasteiger partial charge in [-0.3, -0.25) is 0 Å². The standard InChI is InChI=1S/C15H29N3O/c1-6-9-16-13(15(19-5)12(2)3)7-8-14-17-10-11-18(14)4/h10-13,15-16H,6-9H2,1-5H3. The molecule has 2 atom stereocenters. The first kappa shape index (κ1) is 16.2. The van der Waals surface area contributed by atoms with Gasteiger partial charge in [0, 0.05) is 39.0 Å². The van der Waals surface area contributed by atoms with E-state index in [1.54, 1.807) is 0 Å². The molecule has 4 heteroatoms. The summed E-state index contributed by atoms with van der Waals surface area (Å²) in [5.41, 5.74) is 0. The molecule has 0 spiro atoms. The second kappa shape index (κ2) is 8.33. The second-order valence-electron chi connectivity index (χ2n) is 5.50. The van der Waals surface area contributed by atoms with Crippen molar-refractivity contribution in [3.63, 3.8) is 0 Å². The third-order valence-corrected chi connectivity index (χ3v) is 3.58. The molecule has 0 aliphatic carbocycles. The average molecular weight is 267 g/mol. The highest BCUT2D eigenvalue weighted by Gasteiger charge is 2.23. The second-order valence-corrected chi connectivity index (χ2v) is 5.50. The van der Waals surface area contributed by atoms with Crippen molar-refractivity contribution in [1.82, 2.24) is 14.9 Å². The first-order chi connectivity index (χ1) is 9.10. The fraction of sp³-hybridized carbons (Fsp3) is 0.800. The predicted molar refractivity (Wildman–Crippen MR) is 79.2 cm³/mol. The van der Waals surface area contributed by atoms with E-state index in [0.717, 1.165) is 31.6 Å². The van der Waals surface area contributed by atoms with Crippen molar-refractivity contribution in [3.05, 3.63) is 18.2 Å². The van der Waals surface area contributed by atoms with Gasteiger partial charge in [0.15, 0.2) is 0 Å². The Balaban J connectivity index is 2.60. The number of nitrogens with one attached hydrogen (secondary N) is 1. The molecule has 2 unspecified atom stereocenters. The van der Waals surface area contributed by atoms with Crippen LogP contribution in [0.2, 0.25) is 0 Å². The summed E-state index contributed by atoms with van der Waals surface area (Å²) in [4.78, 5) is 4.39. The van der Waals surface area contributed by atoms with Gasteiger partial charge in [0.2, 0.25) is 0 Å². The lowest BCUT2D eigenvalue weighted by Gasteiger charge is -2.30. The molecule has 19 heavy (non-hydrogen) atoms. The Morgan fingerprint density at radius 1 is 1.42 bits per heavy atom. The van der Waals surface area contributed by atoms with Crippen LogP contribution in [0.5, 0.6) is 0 Å². The van der Waals surface area contributed by atoms with Crippen LogP contribution in [-0.4, -0.2) is 35.4 Å². The summed E-state index contributed by atoms with van der Waals surface area (Å²) in [7, 11) is 3.86. The summed E-state index contributed by atoms with van der Waals surface area (Å²) in [6.07, 6.45) is 7.30. The Labute approximate surface area is 117 Å². The summed E-state index contributed by atoms with van der Waals surface area (Å²) in [5.74, 6) is 1.66. The highest BCUT2D eigenvalue weighted by molar-refractivity contribution is 4.93. The number of imidazole rings is 1. The lowest BCUT2D eigenvalue weighted by atomic mass is 9.95. The van der Waals surface area contributed by atoms with Crippen molar-refractivity contribution in [1.29, 1.82) is 0 Å². The van der Waals surface area contributed by atoms with Crippen LogP contribution < -0.4 is 5.32 Å². The molecule has 0 radical (unpaired) electrons. The summed E-state index contributed by atoms with van der Waals surface area (Å²) in [6, 6.07) is 0.390. The number of methoxy groups -OCH3 is 1. The van der Waals surface area contributed by atoms with Crippen LogP contribution in [-0.2, 0) is 18.2 Å². The zero-order valence-electron chi connectivity index (χ0n) is 13.0. The highest BCUT2D eigenvalue weighted by Crippen LogP contribution is 2.15. The maximum absolute atomic E-state index is 5.68. The smallest absolute Gasteiger partial charge is 0.108 e. The molecule has 1 N–H and O–H groups in total. The summed E-state index contributed by atoms with van der Waals surface area (Å²) in [5, 5.41) is 3.62. The molecular formula is C15H29N3O. The fourth-order valence-corrected chi connectivity index (χ4v) is 2.54. The van der Waals surface area contributed by atoms with E-state index in [1.165, 1.54) is 0 Å². The molecule has 1 aromatic rings. The number of hydrogen-bond acceptors (Lipinski definition) is 3. The van der Waals surface area contributed by atoms with Crippen LogP contribution in [0.4, 0.5) is 0 Å². The molecule has 0 bridgehead atoms. The minimum Gasteiger partial charge on any atom is -0.380 e. The van der Waals surface area contributed by atoms with Crippen LogP contribution in [0, 0.1) is 5.92 Å². The molecule has 0 aliphatic rings. The van der Waals surface area contributed by atoms with E-state index in [1.807, 2.05) is 26.6 Å². The summed E-state index contributed by atoms with van der Waals surface area (Å²) in [6.45, 7) is 7.67. The number of rotatable bonds is 9. The number of aryl methyl sites for hydroxylation is 2. The van der Waals surface area contributed by atoms with Crippen molar-refractivity contribution in [2.24, 2.45) is 13.0 Å². The van der Waals surface area contributed by atoms with Gasteiger partial charge in [-0.25, -0.2) is 4.98 Å². The molecule has 1 heterocycles. The van der Waals surface area contributed by atoms with Gasteiger partial charge in [-0.15, -0.1) is 0 Å². The van der Waals surface area contributed by atoms with Gasteiger partial charge in [0.1, 0.15) is 5.82 Å². The minimum atomic E-state index is 0.256. The van der Waals surface area contributed by atoms with Gasteiger partial charge in [-0.1, -0.05) is 20.8 Å². The molecule has 4 nitrogen and oxygen atoms in total. The highest BCUT2D eigenvalue weighted by atomic mass is 16.5. The molecule has 110 valence electrons. The molecular weight excluding hydrogens is 238 g/mol. The van der Waals surface area contributed by atoms with Crippen LogP contribution in [0.3, 0.4) is 0 Å². The van der Waals surface area contributed by atoms with Crippen LogP contribution in [0.1, 0.15) is 39.4 Å². The van der Waals surface area contributed by atoms with Crippen molar-refractivity contribution in [3.8, 4) is 0 Å². The minimum absolute atomic E-state index is 0.256. The molecule has 1 aromatic heterocycles. The zero-order chi connectivity index (χ0) is 14.3. The first-order valence-corrected chi connectivity index (χ1v) is 7.32. The Kier molecular flexibility index (Phi) is 7.10. The molecule has 0 aromatic carbocycles. The maximum atomic E-state index is 5.68. The SMILES string of the molecule is CCCNC(CCc1nccn1C)C(OC)C(C)C. The Bertz CT molecular complexity index is 349. The number of nitrogens with zero attached hydrogens (tertiary/aromatic N) is 2. The molecule has 0 amide bonds. The molecule has 0 saturated heterocycles. The van der Waals surface area contributed by atoms with Gasteiger partial charge in [0.05, 0.1) is 6.10 Å². The van der Waals surface area contributed by atoms with E-state index >= 15 is 0 Å². The lowest BCUT2D eigenvalue weighted by Crippen LogP contribution is -2.44. The van der Waals surface area contributed by atoms with Crippen LogP contribution in [0.15, 0.2) is 12.4 Å². The van der Waals surface area contributed by atoms with Crippen LogP contribution >= 0.6 is 0 Å².